The zero-order valence-corrected chi connectivity index (χ0v) is 9.78. The number of amides is 1. The van der Waals surface area contributed by atoms with E-state index in [1.807, 2.05) is 16.8 Å². The van der Waals surface area contributed by atoms with Gasteiger partial charge in [-0.3, -0.25) is 4.79 Å². The van der Waals surface area contributed by atoms with Crippen molar-refractivity contribution in [3.05, 3.63) is 22.4 Å². The lowest BCUT2D eigenvalue weighted by Crippen LogP contribution is -2.50. The van der Waals surface area contributed by atoms with Crippen LogP contribution in [0.1, 0.15) is 5.56 Å². The highest BCUT2D eigenvalue weighted by atomic mass is 32.1. The van der Waals surface area contributed by atoms with E-state index in [0.717, 1.165) is 5.56 Å². The van der Waals surface area contributed by atoms with Crippen molar-refractivity contribution >= 4 is 17.2 Å². The molecule has 1 amide bonds. The van der Waals surface area contributed by atoms with Gasteiger partial charge in [-0.05, 0) is 22.4 Å². The van der Waals surface area contributed by atoms with Crippen molar-refractivity contribution in [2.45, 2.75) is 12.5 Å². The Morgan fingerprint density at radius 2 is 2.56 bits per heavy atom. The number of carbonyl (C=O) groups excluding carboxylic acids is 1. The maximum atomic E-state index is 12.0. The van der Waals surface area contributed by atoms with Crippen LogP contribution in [0.15, 0.2) is 16.8 Å². The van der Waals surface area contributed by atoms with Gasteiger partial charge in [-0.25, -0.2) is 0 Å². The average Bonchev–Trinajstić information content (AvgIpc) is 2.81. The maximum absolute atomic E-state index is 12.0. The molecular formula is C11H15NO3S. The summed E-state index contributed by atoms with van der Waals surface area (Å²) in [6.07, 6.45) is 0.417. The number of rotatable bonds is 3. The fourth-order valence-electron chi connectivity index (χ4n) is 1.80. The SMILES string of the molecule is O=C(Cc1ccsc1)N1CCOCC1CO. The summed E-state index contributed by atoms with van der Waals surface area (Å²) in [5.41, 5.74) is 1.04. The van der Waals surface area contributed by atoms with Crippen LogP contribution in [0.2, 0.25) is 0 Å². The van der Waals surface area contributed by atoms with Crippen molar-refractivity contribution in [3.8, 4) is 0 Å². The first-order valence-electron chi connectivity index (χ1n) is 5.30. The predicted molar refractivity (Wildman–Crippen MR) is 61.4 cm³/mol. The van der Waals surface area contributed by atoms with Crippen molar-refractivity contribution in [2.75, 3.05) is 26.4 Å². The lowest BCUT2D eigenvalue weighted by Gasteiger charge is -2.34. The van der Waals surface area contributed by atoms with Crippen LogP contribution in [0.25, 0.3) is 0 Å². The summed E-state index contributed by atoms with van der Waals surface area (Å²) in [4.78, 5) is 13.7. The Bertz CT molecular complexity index is 339. The number of carbonyl (C=O) groups is 1. The first-order valence-corrected chi connectivity index (χ1v) is 6.24. The van der Waals surface area contributed by atoms with Crippen molar-refractivity contribution in [3.63, 3.8) is 0 Å². The van der Waals surface area contributed by atoms with Gasteiger partial charge >= 0.3 is 0 Å². The number of aliphatic hydroxyl groups excluding tert-OH is 1. The summed E-state index contributed by atoms with van der Waals surface area (Å²) in [5.74, 6) is 0.0701. The van der Waals surface area contributed by atoms with Crippen LogP contribution in [-0.2, 0) is 16.0 Å². The van der Waals surface area contributed by atoms with Gasteiger partial charge in [0.1, 0.15) is 0 Å². The molecule has 4 nitrogen and oxygen atoms in total. The molecule has 1 aromatic rings. The third-order valence-electron chi connectivity index (χ3n) is 2.69. The molecule has 1 aliphatic rings. The normalized spacial score (nSPS) is 21.1. The molecule has 0 saturated carbocycles. The molecule has 88 valence electrons. The van der Waals surface area contributed by atoms with Crippen LogP contribution < -0.4 is 0 Å². The molecule has 1 saturated heterocycles. The fourth-order valence-corrected chi connectivity index (χ4v) is 2.47. The number of hydrogen-bond acceptors (Lipinski definition) is 4. The Balaban J connectivity index is 1.97. The van der Waals surface area contributed by atoms with E-state index in [1.54, 1.807) is 16.2 Å². The van der Waals surface area contributed by atoms with Crippen LogP contribution in [0.4, 0.5) is 0 Å². The van der Waals surface area contributed by atoms with Crippen LogP contribution >= 0.6 is 11.3 Å². The molecule has 0 aliphatic carbocycles. The molecule has 0 aromatic carbocycles. The molecule has 1 N–H and O–H groups in total. The molecule has 0 radical (unpaired) electrons. The molecule has 1 aliphatic heterocycles. The highest BCUT2D eigenvalue weighted by molar-refractivity contribution is 7.07. The summed E-state index contributed by atoms with van der Waals surface area (Å²) in [5, 5.41) is 13.1. The topological polar surface area (TPSA) is 49.8 Å². The molecule has 1 atom stereocenters. The minimum Gasteiger partial charge on any atom is -0.394 e. The van der Waals surface area contributed by atoms with E-state index < -0.39 is 0 Å². The molecule has 2 rings (SSSR count). The minimum absolute atomic E-state index is 0.0324. The molecule has 1 fully saturated rings. The van der Waals surface area contributed by atoms with Gasteiger partial charge in [-0.15, -0.1) is 0 Å². The molecule has 1 unspecified atom stereocenters. The van der Waals surface area contributed by atoms with E-state index in [-0.39, 0.29) is 18.6 Å². The van der Waals surface area contributed by atoms with Gasteiger partial charge < -0.3 is 14.7 Å². The zero-order chi connectivity index (χ0) is 11.4. The van der Waals surface area contributed by atoms with E-state index >= 15 is 0 Å². The van der Waals surface area contributed by atoms with Crippen molar-refractivity contribution in [1.82, 2.24) is 4.90 Å². The highest BCUT2D eigenvalue weighted by Crippen LogP contribution is 2.12. The van der Waals surface area contributed by atoms with Gasteiger partial charge in [0.2, 0.25) is 5.91 Å². The second kappa shape index (κ2) is 5.43. The van der Waals surface area contributed by atoms with Crippen LogP contribution in [0.3, 0.4) is 0 Å². The van der Waals surface area contributed by atoms with Gasteiger partial charge in [0, 0.05) is 6.54 Å². The monoisotopic (exact) mass is 241 g/mol. The van der Waals surface area contributed by atoms with Crippen molar-refractivity contribution in [1.29, 1.82) is 0 Å². The van der Waals surface area contributed by atoms with E-state index in [4.69, 9.17) is 9.84 Å². The summed E-state index contributed by atoms with van der Waals surface area (Å²) in [6, 6.07) is 1.77. The maximum Gasteiger partial charge on any atom is 0.227 e. The number of thiophene rings is 1. The van der Waals surface area contributed by atoms with Crippen LogP contribution in [-0.4, -0.2) is 48.3 Å². The fraction of sp³-hybridized carbons (Fsp3) is 0.545. The molecule has 1 aromatic heterocycles. The standard InChI is InChI=1S/C11H15NO3S/c13-6-10-7-15-3-2-12(10)11(14)5-9-1-4-16-8-9/h1,4,8,10,13H,2-3,5-7H2. The van der Waals surface area contributed by atoms with Gasteiger partial charge in [-0.1, -0.05) is 0 Å². The molecule has 2 heterocycles. The predicted octanol–water partition coefficient (Wildman–Crippen LogP) is 0.510. The third-order valence-corrected chi connectivity index (χ3v) is 3.43. The second-order valence-corrected chi connectivity index (χ2v) is 4.59. The van der Waals surface area contributed by atoms with Gasteiger partial charge in [0.15, 0.2) is 0 Å². The second-order valence-electron chi connectivity index (χ2n) is 3.81. The number of ether oxygens (including phenoxy) is 1. The van der Waals surface area contributed by atoms with Crippen LogP contribution in [0, 0.1) is 0 Å². The van der Waals surface area contributed by atoms with E-state index in [9.17, 15) is 4.79 Å². The first-order chi connectivity index (χ1) is 7.81. The van der Waals surface area contributed by atoms with Crippen LogP contribution in [0.5, 0.6) is 0 Å². The van der Waals surface area contributed by atoms with E-state index in [1.165, 1.54) is 0 Å². The quantitative estimate of drug-likeness (QED) is 0.839. The summed E-state index contributed by atoms with van der Waals surface area (Å²) in [7, 11) is 0. The van der Waals surface area contributed by atoms with Gasteiger partial charge in [-0.2, -0.15) is 11.3 Å². The Labute approximate surface area is 98.4 Å². The molecule has 16 heavy (non-hydrogen) atoms. The lowest BCUT2D eigenvalue weighted by molar-refractivity contribution is -0.140. The van der Waals surface area contributed by atoms with E-state index in [2.05, 4.69) is 0 Å². The Morgan fingerprint density at radius 3 is 3.25 bits per heavy atom. The van der Waals surface area contributed by atoms with Gasteiger partial charge in [0.25, 0.3) is 0 Å². The molecule has 0 spiro atoms. The van der Waals surface area contributed by atoms with Crippen molar-refractivity contribution in [2.24, 2.45) is 0 Å². The number of aliphatic hydroxyl groups is 1. The largest absolute Gasteiger partial charge is 0.394 e. The van der Waals surface area contributed by atoms with Crippen molar-refractivity contribution < 1.29 is 14.6 Å². The lowest BCUT2D eigenvalue weighted by atomic mass is 10.1. The number of hydrogen-bond donors (Lipinski definition) is 1. The average molecular weight is 241 g/mol. The number of morpholine rings is 1. The third kappa shape index (κ3) is 2.61. The Morgan fingerprint density at radius 1 is 1.69 bits per heavy atom. The first kappa shape index (κ1) is 11.6. The molecular weight excluding hydrogens is 226 g/mol. The zero-order valence-electron chi connectivity index (χ0n) is 8.96. The number of nitrogens with zero attached hydrogens (tertiary/aromatic N) is 1. The summed E-state index contributed by atoms with van der Waals surface area (Å²) < 4.78 is 5.24. The Hall–Kier alpha value is -0.910. The summed E-state index contributed by atoms with van der Waals surface area (Å²) >= 11 is 1.59. The smallest absolute Gasteiger partial charge is 0.227 e. The Kier molecular flexibility index (Phi) is 3.93. The molecule has 5 heteroatoms. The minimum atomic E-state index is -0.181. The van der Waals surface area contributed by atoms with Gasteiger partial charge in [0.05, 0.1) is 32.3 Å². The highest BCUT2D eigenvalue weighted by Gasteiger charge is 2.26. The molecule has 0 bridgehead atoms. The van der Waals surface area contributed by atoms with E-state index in [0.29, 0.717) is 26.2 Å². The summed E-state index contributed by atoms with van der Waals surface area (Å²) in [6.45, 7) is 1.54.